The Hall–Kier alpha value is -0.0126. The average Bonchev–Trinajstić information content (AvgIpc) is 1.65. The van der Waals surface area contributed by atoms with Gasteiger partial charge in [0.25, 0.3) is 0 Å². The summed E-state index contributed by atoms with van der Waals surface area (Å²) in [6.45, 7) is -0.534. The van der Waals surface area contributed by atoms with Gasteiger partial charge in [0.2, 0.25) is 0 Å². The summed E-state index contributed by atoms with van der Waals surface area (Å²) in [5.41, 5.74) is 0. The van der Waals surface area contributed by atoms with Crippen LogP contribution in [0.3, 0.4) is 0 Å². The van der Waals surface area contributed by atoms with E-state index in [0.717, 1.165) is 0 Å². The number of carbonyl (C=O) groups excluding carboxylic acids is 1. The first-order valence-electron chi connectivity index (χ1n) is 2.15. The van der Waals surface area contributed by atoms with Crippen LogP contribution in [0.15, 0.2) is 0 Å². The molecule has 2 N–H and O–H groups in total. The third-order valence-electron chi connectivity index (χ3n) is 0.613. The predicted molar refractivity (Wildman–Crippen MR) is 22.7 cm³/mol. The Labute approximate surface area is 64.7 Å². The largest absolute Gasteiger partial charge is 1.00 e. The molecule has 9 heavy (non-hydrogen) atoms. The summed E-state index contributed by atoms with van der Waals surface area (Å²) in [5.74, 6) is -1.36. The third-order valence-corrected chi connectivity index (χ3v) is 0.613. The van der Waals surface area contributed by atoms with Gasteiger partial charge in [-0.05, 0) is 0 Å². The van der Waals surface area contributed by atoms with E-state index in [1.807, 2.05) is 0 Å². The molecule has 0 rings (SSSR count). The van der Waals surface area contributed by atoms with Gasteiger partial charge in [0.05, 0.1) is 12.7 Å². The Morgan fingerprint density at radius 1 is 1.67 bits per heavy atom. The molecule has 0 heterocycles. The Morgan fingerprint density at radius 2 is 2.11 bits per heavy atom. The van der Waals surface area contributed by atoms with Crippen LogP contribution in [0.1, 0.15) is 6.42 Å². The van der Waals surface area contributed by atoms with Crippen molar-refractivity contribution in [2.45, 2.75) is 12.5 Å². The van der Waals surface area contributed by atoms with Crippen molar-refractivity contribution >= 4 is 5.97 Å². The van der Waals surface area contributed by atoms with E-state index >= 15 is 0 Å². The van der Waals surface area contributed by atoms with Gasteiger partial charge in [0.1, 0.15) is 0 Å². The predicted octanol–water partition coefficient (Wildman–Crippen LogP) is -5.52. The zero-order valence-corrected chi connectivity index (χ0v) is 5.20. The number of rotatable bonds is 3. The topological polar surface area (TPSA) is 80.6 Å². The third kappa shape index (κ3) is 7.99. The number of hydrogen-bond acceptors (Lipinski definition) is 4. The molecule has 0 aromatic rings. The fourth-order valence-electron chi connectivity index (χ4n) is 0.257. The van der Waals surface area contributed by atoms with E-state index in [9.17, 15) is 9.90 Å². The summed E-state index contributed by atoms with van der Waals surface area (Å²) < 4.78 is 0. The van der Waals surface area contributed by atoms with Crippen LogP contribution >= 0.6 is 0 Å². The second-order valence-corrected chi connectivity index (χ2v) is 1.41. The van der Waals surface area contributed by atoms with E-state index < -0.39 is 25.1 Å². The maximum absolute atomic E-state index is 9.59. The Bertz CT molecular complexity index is 84.6. The summed E-state index contributed by atoms with van der Waals surface area (Å²) in [4.78, 5) is 9.59. The average molecular weight is 126 g/mol. The van der Waals surface area contributed by atoms with Gasteiger partial charge >= 0.3 is 18.9 Å². The minimum absolute atomic E-state index is 0. The minimum Gasteiger partial charge on any atom is -0.550 e. The van der Waals surface area contributed by atoms with Gasteiger partial charge in [-0.25, -0.2) is 0 Å². The molecule has 4 nitrogen and oxygen atoms in total. The second kappa shape index (κ2) is 6.11. The molecule has 48 valence electrons. The van der Waals surface area contributed by atoms with Crippen LogP contribution in [-0.2, 0) is 4.79 Å². The van der Waals surface area contributed by atoms with Gasteiger partial charge < -0.3 is 20.1 Å². The number of carboxylic acids is 1. The Balaban J connectivity index is 0. The van der Waals surface area contributed by atoms with Gasteiger partial charge in [-0.15, -0.1) is 0 Å². The molecule has 0 aliphatic heterocycles. The van der Waals surface area contributed by atoms with Crippen molar-refractivity contribution in [2.24, 2.45) is 0 Å². The van der Waals surface area contributed by atoms with Crippen molar-refractivity contribution < 1.29 is 39.0 Å². The van der Waals surface area contributed by atoms with Gasteiger partial charge in [0, 0.05) is 12.4 Å². The van der Waals surface area contributed by atoms with E-state index in [4.69, 9.17) is 10.2 Å². The molecule has 0 aliphatic rings. The maximum Gasteiger partial charge on any atom is 1.00 e. The number of aliphatic hydroxyl groups excluding tert-OH is 2. The monoisotopic (exact) mass is 126 g/mol. The fraction of sp³-hybridized carbons (Fsp3) is 0.750. The number of aliphatic carboxylic acids is 1. The van der Waals surface area contributed by atoms with E-state index in [2.05, 4.69) is 0 Å². The van der Waals surface area contributed by atoms with E-state index in [0.29, 0.717) is 0 Å². The molecule has 0 aromatic heterocycles. The molecule has 0 fully saturated rings. The summed E-state index contributed by atoms with van der Waals surface area (Å²) in [7, 11) is 0. The van der Waals surface area contributed by atoms with Gasteiger partial charge in [0.15, 0.2) is 0 Å². The first-order chi connectivity index (χ1) is 3.66. The Kier molecular flexibility index (Phi) is 7.98. The molecule has 0 saturated carbocycles. The van der Waals surface area contributed by atoms with Gasteiger partial charge in [-0.3, -0.25) is 0 Å². The van der Waals surface area contributed by atoms with E-state index in [1.54, 1.807) is 0 Å². The van der Waals surface area contributed by atoms with Crippen molar-refractivity contribution in [3.63, 3.8) is 0 Å². The van der Waals surface area contributed by atoms with Gasteiger partial charge in [-0.1, -0.05) is 0 Å². The van der Waals surface area contributed by atoms with Crippen LogP contribution in [0.2, 0.25) is 0 Å². The normalized spacial score (nSPS) is 11.8. The quantitative estimate of drug-likeness (QED) is 0.369. The van der Waals surface area contributed by atoms with Crippen molar-refractivity contribution in [2.75, 3.05) is 6.61 Å². The first-order valence-corrected chi connectivity index (χ1v) is 2.15. The maximum atomic E-state index is 9.59. The Morgan fingerprint density at radius 3 is 2.22 bits per heavy atom. The zero-order valence-electron chi connectivity index (χ0n) is 5.20. The van der Waals surface area contributed by atoms with Crippen molar-refractivity contribution in [3.05, 3.63) is 0 Å². The molecule has 0 radical (unpaired) electrons. The van der Waals surface area contributed by atoms with E-state index in [-0.39, 0.29) is 18.9 Å². The van der Waals surface area contributed by atoms with Crippen molar-refractivity contribution in [3.8, 4) is 0 Å². The second-order valence-electron chi connectivity index (χ2n) is 1.41. The molecular weight excluding hydrogens is 119 g/mol. The summed E-state index contributed by atoms with van der Waals surface area (Å²) in [5, 5.41) is 26.0. The van der Waals surface area contributed by atoms with Crippen molar-refractivity contribution in [1.29, 1.82) is 0 Å². The molecular formula is C4H7LiO4. The van der Waals surface area contributed by atoms with E-state index in [1.165, 1.54) is 0 Å². The standard InChI is InChI=1S/C4H8O4.Li/c5-2-3(6)1-4(7)8;/h3,5-6H,1-2H2,(H,7,8);/q;+1/p-1. The molecule has 0 amide bonds. The van der Waals surface area contributed by atoms with Crippen LogP contribution in [0.5, 0.6) is 0 Å². The molecule has 0 saturated heterocycles. The number of carbonyl (C=O) groups is 1. The number of carboxylic acid groups (broad SMARTS) is 1. The molecule has 5 heteroatoms. The van der Waals surface area contributed by atoms with Crippen LogP contribution in [0, 0.1) is 0 Å². The first kappa shape index (κ1) is 11.7. The van der Waals surface area contributed by atoms with Crippen LogP contribution in [0.4, 0.5) is 0 Å². The molecule has 1 atom stereocenters. The molecule has 0 aromatic carbocycles. The van der Waals surface area contributed by atoms with Crippen LogP contribution in [-0.4, -0.2) is 28.9 Å². The van der Waals surface area contributed by atoms with Gasteiger partial charge in [-0.2, -0.15) is 0 Å². The molecule has 0 bridgehead atoms. The number of hydrogen-bond donors (Lipinski definition) is 2. The minimum atomic E-state index is -1.36. The molecule has 0 aliphatic carbocycles. The summed E-state index contributed by atoms with van der Waals surface area (Å²) in [6, 6.07) is 0. The number of aliphatic hydroxyl groups is 2. The smallest absolute Gasteiger partial charge is 0.550 e. The zero-order chi connectivity index (χ0) is 6.57. The molecule has 0 spiro atoms. The summed E-state index contributed by atoms with van der Waals surface area (Å²) in [6.07, 6.45) is -1.68. The summed E-state index contributed by atoms with van der Waals surface area (Å²) >= 11 is 0. The van der Waals surface area contributed by atoms with Crippen molar-refractivity contribution in [1.82, 2.24) is 0 Å². The fourth-order valence-corrected chi connectivity index (χ4v) is 0.257. The SMILES string of the molecule is O=C([O-])CC(O)CO.[Li+]. The molecule has 1 unspecified atom stereocenters. The van der Waals surface area contributed by atoms with Crippen LogP contribution < -0.4 is 24.0 Å². The van der Waals surface area contributed by atoms with Crippen LogP contribution in [0.25, 0.3) is 0 Å².